The Balaban J connectivity index is 0.000000255. The van der Waals surface area contributed by atoms with E-state index < -0.39 is 10.4 Å². The van der Waals surface area contributed by atoms with Gasteiger partial charge in [-0.05, 0) is 6.92 Å². The lowest BCUT2D eigenvalue weighted by Crippen LogP contribution is -2.40. The molecule has 0 saturated carbocycles. The summed E-state index contributed by atoms with van der Waals surface area (Å²) in [5.74, 6) is 0. The highest BCUT2D eigenvalue weighted by Gasteiger charge is 1.98. The molecule has 0 fully saturated rings. The summed E-state index contributed by atoms with van der Waals surface area (Å²) in [5, 5.41) is 0. The number of aromatic amines is 1. The fourth-order valence-corrected chi connectivity index (χ4v) is 0.555. The summed E-state index contributed by atoms with van der Waals surface area (Å²) in [6, 6.07) is 0. The molecular formula is C6H13N3O4S. The van der Waals surface area contributed by atoms with Crippen molar-refractivity contribution < 1.29 is 21.7 Å². The summed E-state index contributed by atoms with van der Waals surface area (Å²) in [4.78, 5) is 2.89. The van der Waals surface area contributed by atoms with Gasteiger partial charge < -0.3 is 4.55 Å². The van der Waals surface area contributed by atoms with Gasteiger partial charge in [0.15, 0.2) is 0 Å². The molecule has 3 N–H and O–H groups in total. The Hall–Kier alpha value is -0.960. The lowest BCUT2D eigenvalue weighted by atomic mass is 10.6. The van der Waals surface area contributed by atoms with Crippen molar-refractivity contribution in [1.82, 2.24) is 4.98 Å². The van der Waals surface area contributed by atoms with Crippen LogP contribution in [-0.4, -0.2) is 25.1 Å². The molecule has 0 amide bonds. The quantitative estimate of drug-likeness (QED) is 0.374. The van der Waals surface area contributed by atoms with E-state index >= 15 is 0 Å². The lowest BCUT2D eigenvalue weighted by molar-refractivity contribution is -0.717. The number of H-pyrrole nitrogens is 1. The van der Waals surface area contributed by atoms with E-state index in [9.17, 15) is 13.0 Å². The molecule has 0 aliphatic heterocycles. The zero-order valence-electron chi connectivity index (χ0n) is 7.88. The van der Waals surface area contributed by atoms with Gasteiger partial charge in [0.1, 0.15) is 18.6 Å². The van der Waals surface area contributed by atoms with E-state index in [-0.39, 0.29) is 6.17 Å². The minimum absolute atomic E-state index is 0.0706. The van der Waals surface area contributed by atoms with E-state index in [1.54, 1.807) is 0 Å². The van der Waals surface area contributed by atoms with Crippen LogP contribution in [0.25, 0.3) is 0 Å². The Bertz CT molecular complexity index is 332. The summed E-state index contributed by atoms with van der Waals surface area (Å²) < 4.78 is 32.9. The lowest BCUT2D eigenvalue weighted by Gasteiger charge is -1.98. The zero-order valence-corrected chi connectivity index (χ0v) is 8.69. The standard InChI is InChI=1S/C5H9N3.CH4O4S/c1-5(6)8-3-2-7-4-8;1-5-6(2,3)4/h2-5H,6H2,1H3;1H3,(H,2,3,4). The minimum atomic E-state index is -4.41. The minimum Gasteiger partial charge on any atom is -0.726 e. The number of hydrogen-bond acceptors (Lipinski definition) is 5. The van der Waals surface area contributed by atoms with E-state index in [1.807, 2.05) is 30.2 Å². The van der Waals surface area contributed by atoms with E-state index in [4.69, 9.17) is 5.73 Å². The van der Waals surface area contributed by atoms with Crippen molar-refractivity contribution in [3.8, 4) is 0 Å². The first kappa shape index (κ1) is 13.0. The van der Waals surface area contributed by atoms with Crippen molar-refractivity contribution in [2.45, 2.75) is 13.1 Å². The summed E-state index contributed by atoms with van der Waals surface area (Å²) >= 11 is 0. The van der Waals surface area contributed by atoms with Crippen LogP contribution < -0.4 is 10.3 Å². The SMILES string of the molecule is CC(N)[n+]1cc[nH]c1.COS(=O)(=O)[O-]. The number of aromatic nitrogens is 2. The third kappa shape index (κ3) is 6.54. The molecular weight excluding hydrogens is 210 g/mol. The van der Waals surface area contributed by atoms with E-state index in [0.717, 1.165) is 7.11 Å². The van der Waals surface area contributed by atoms with E-state index in [2.05, 4.69) is 9.17 Å². The predicted molar refractivity (Wildman–Crippen MR) is 46.6 cm³/mol. The van der Waals surface area contributed by atoms with Gasteiger partial charge >= 0.3 is 0 Å². The summed E-state index contributed by atoms with van der Waals surface area (Å²) in [5.41, 5.74) is 5.50. The van der Waals surface area contributed by atoms with Crippen LogP contribution in [0.15, 0.2) is 18.7 Å². The first-order chi connectivity index (χ1) is 6.37. The highest BCUT2D eigenvalue weighted by molar-refractivity contribution is 7.80. The smallest absolute Gasteiger partial charge is 0.242 e. The molecule has 0 aromatic carbocycles. The molecule has 0 bridgehead atoms. The number of hydrogen-bond donors (Lipinski definition) is 2. The Kier molecular flexibility index (Phi) is 5.31. The van der Waals surface area contributed by atoms with Gasteiger partial charge in [0.2, 0.25) is 16.7 Å². The van der Waals surface area contributed by atoms with Gasteiger partial charge in [0, 0.05) is 0 Å². The maximum Gasteiger partial charge on any atom is 0.242 e. The molecule has 7 nitrogen and oxygen atoms in total. The second-order valence-corrected chi connectivity index (χ2v) is 3.52. The van der Waals surface area contributed by atoms with Crippen LogP contribution in [0.2, 0.25) is 0 Å². The summed E-state index contributed by atoms with van der Waals surface area (Å²) in [6.07, 6.45) is 5.62. The summed E-state index contributed by atoms with van der Waals surface area (Å²) in [6.45, 7) is 1.92. The number of nitrogens with two attached hydrogens (primary N) is 1. The molecule has 8 heteroatoms. The van der Waals surface area contributed by atoms with Crippen molar-refractivity contribution in [2.24, 2.45) is 5.73 Å². The molecule has 14 heavy (non-hydrogen) atoms. The van der Waals surface area contributed by atoms with Crippen LogP contribution in [0.4, 0.5) is 0 Å². The van der Waals surface area contributed by atoms with Gasteiger partial charge in [-0.2, -0.15) is 0 Å². The second kappa shape index (κ2) is 5.70. The average molecular weight is 223 g/mol. The molecule has 1 unspecified atom stereocenters. The van der Waals surface area contributed by atoms with E-state index in [0.29, 0.717) is 0 Å². The highest BCUT2D eigenvalue weighted by atomic mass is 32.3. The first-order valence-corrected chi connectivity index (χ1v) is 5.00. The van der Waals surface area contributed by atoms with Crippen LogP contribution in [0.3, 0.4) is 0 Å². The Morgan fingerprint density at radius 2 is 2.14 bits per heavy atom. The molecule has 82 valence electrons. The van der Waals surface area contributed by atoms with Gasteiger partial charge in [-0.3, -0.25) is 14.9 Å². The molecule has 0 saturated heterocycles. The Morgan fingerprint density at radius 1 is 1.64 bits per heavy atom. The normalized spacial score (nSPS) is 12.9. The maximum absolute atomic E-state index is 9.22. The topological polar surface area (TPSA) is 112 Å². The van der Waals surface area contributed by atoms with Gasteiger partial charge in [-0.25, -0.2) is 13.0 Å². The largest absolute Gasteiger partial charge is 0.726 e. The Labute approximate surface area is 82.5 Å². The van der Waals surface area contributed by atoms with Crippen molar-refractivity contribution >= 4 is 10.4 Å². The molecule has 1 aromatic heterocycles. The highest BCUT2D eigenvalue weighted by Crippen LogP contribution is 1.77. The van der Waals surface area contributed by atoms with Crippen molar-refractivity contribution in [1.29, 1.82) is 0 Å². The number of imidazole rings is 1. The number of nitrogens with one attached hydrogen (secondary N) is 1. The van der Waals surface area contributed by atoms with Crippen LogP contribution in [0.1, 0.15) is 13.1 Å². The monoisotopic (exact) mass is 223 g/mol. The third-order valence-electron chi connectivity index (χ3n) is 1.24. The van der Waals surface area contributed by atoms with Crippen LogP contribution >= 0.6 is 0 Å². The van der Waals surface area contributed by atoms with Crippen molar-refractivity contribution in [2.75, 3.05) is 7.11 Å². The fraction of sp³-hybridized carbons (Fsp3) is 0.500. The van der Waals surface area contributed by atoms with Gasteiger partial charge in [0.05, 0.1) is 7.11 Å². The molecule has 1 aromatic rings. The van der Waals surface area contributed by atoms with Gasteiger partial charge in [-0.1, -0.05) is 0 Å². The Morgan fingerprint density at radius 3 is 2.29 bits per heavy atom. The molecule has 1 rings (SSSR count). The van der Waals surface area contributed by atoms with E-state index in [1.165, 1.54) is 0 Å². The molecule has 0 aliphatic rings. The van der Waals surface area contributed by atoms with Gasteiger partial charge in [-0.15, -0.1) is 0 Å². The van der Waals surface area contributed by atoms with Crippen LogP contribution in [-0.2, 0) is 14.6 Å². The molecule has 0 spiro atoms. The average Bonchev–Trinajstić information content (AvgIpc) is 2.56. The number of rotatable bonds is 2. The maximum atomic E-state index is 9.22. The molecule has 0 aliphatic carbocycles. The summed E-state index contributed by atoms with van der Waals surface area (Å²) in [7, 11) is -3.60. The molecule has 0 radical (unpaired) electrons. The predicted octanol–water partition coefficient (Wildman–Crippen LogP) is -1.13. The first-order valence-electron chi connectivity index (χ1n) is 3.67. The zero-order chi connectivity index (χ0) is 11.2. The molecule has 1 heterocycles. The third-order valence-corrected chi connectivity index (χ3v) is 1.65. The second-order valence-electron chi connectivity index (χ2n) is 2.37. The van der Waals surface area contributed by atoms with Crippen LogP contribution in [0.5, 0.6) is 0 Å². The van der Waals surface area contributed by atoms with Crippen molar-refractivity contribution in [3.63, 3.8) is 0 Å². The van der Waals surface area contributed by atoms with Gasteiger partial charge in [0.25, 0.3) is 0 Å². The van der Waals surface area contributed by atoms with Crippen LogP contribution in [0, 0.1) is 0 Å². The molecule has 1 atom stereocenters. The fourth-order valence-electron chi connectivity index (χ4n) is 0.555. The number of nitrogens with zero attached hydrogens (tertiary/aromatic N) is 1. The van der Waals surface area contributed by atoms with Crippen molar-refractivity contribution in [3.05, 3.63) is 18.7 Å².